The van der Waals surface area contributed by atoms with Gasteiger partial charge >= 0.3 is 6.18 Å². The van der Waals surface area contributed by atoms with E-state index in [1.165, 1.54) is 24.3 Å². The molecule has 1 aromatic carbocycles. The molecule has 0 spiro atoms. The Kier molecular flexibility index (Phi) is 6.96. The van der Waals surface area contributed by atoms with Crippen LogP contribution in [0, 0.1) is 5.82 Å². The summed E-state index contributed by atoms with van der Waals surface area (Å²) in [5.74, 6) is -2.34. The maximum Gasteiger partial charge on any atom is 0.433 e. The maximum atomic E-state index is 13.8. The first-order chi connectivity index (χ1) is 18.0. The molecule has 0 radical (unpaired) electrons. The van der Waals surface area contributed by atoms with Crippen molar-refractivity contribution in [2.75, 3.05) is 10.6 Å². The highest BCUT2D eigenvalue weighted by molar-refractivity contribution is 5.68. The minimum absolute atomic E-state index is 0.0243. The number of alkyl halides is 5. The van der Waals surface area contributed by atoms with Crippen LogP contribution in [0.5, 0.6) is 0 Å². The Morgan fingerprint density at radius 3 is 2.32 bits per heavy atom. The summed E-state index contributed by atoms with van der Waals surface area (Å²) in [6.45, 7) is 1.84. The number of benzene rings is 1. The lowest BCUT2D eigenvalue weighted by Crippen LogP contribution is -2.35. The van der Waals surface area contributed by atoms with Gasteiger partial charge < -0.3 is 10.6 Å². The standard InChI is InChI=1S/C27H27F6N5/c1-2-20-23(21-4-3-5-22(36-21)27(31,32)33)37-25(35-18-10-11-26(29,30)14-18)38-24(20)34-19-12-16(13-19)15-6-8-17(28)9-7-15/h3-9,16,18-19H,2,10-14H2,1H3,(H2,34,35,37,38). The van der Waals surface area contributed by atoms with E-state index in [-0.39, 0.29) is 54.4 Å². The molecule has 1 atom stereocenters. The lowest BCUT2D eigenvalue weighted by atomic mass is 9.76. The van der Waals surface area contributed by atoms with Gasteiger partial charge in [-0.25, -0.2) is 23.1 Å². The lowest BCUT2D eigenvalue weighted by molar-refractivity contribution is -0.141. The Morgan fingerprint density at radius 2 is 1.68 bits per heavy atom. The fraction of sp³-hybridized carbons (Fsp3) is 0.444. The van der Waals surface area contributed by atoms with E-state index < -0.39 is 23.8 Å². The molecule has 2 aliphatic carbocycles. The minimum atomic E-state index is -4.63. The Bertz CT molecular complexity index is 1290. The first-order valence-electron chi connectivity index (χ1n) is 12.6. The van der Waals surface area contributed by atoms with Crippen molar-refractivity contribution < 1.29 is 26.3 Å². The molecule has 2 heterocycles. The van der Waals surface area contributed by atoms with Crippen molar-refractivity contribution in [1.82, 2.24) is 15.0 Å². The van der Waals surface area contributed by atoms with Gasteiger partial charge in [0.15, 0.2) is 0 Å². The monoisotopic (exact) mass is 535 g/mol. The van der Waals surface area contributed by atoms with Crippen LogP contribution < -0.4 is 10.6 Å². The SMILES string of the molecule is CCc1c(NC2CC(c3ccc(F)cc3)C2)nc(NC2CCC(F)(F)C2)nc1-c1cccc(C(F)(F)F)n1. The fourth-order valence-corrected chi connectivity index (χ4v) is 5.13. The molecule has 0 aliphatic heterocycles. The van der Waals surface area contributed by atoms with Gasteiger partial charge in [0.05, 0.1) is 11.4 Å². The number of hydrogen-bond donors (Lipinski definition) is 2. The molecule has 5 rings (SSSR count). The van der Waals surface area contributed by atoms with Crippen molar-refractivity contribution in [1.29, 1.82) is 0 Å². The normalized spacial score (nSPS) is 22.7. The van der Waals surface area contributed by atoms with Crippen LogP contribution in [0.3, 0.4) is 0 Å². The summed E-state index contributed by atoms with van der Waals surface area (Å²) in [7, 11) is 0. The second-order valence-corrected chi connectivity index (χ2v) is 9.98. The van der Waals surface area contributed by atoms with E-state index in [9.17, 15) is 26.3 Å². The average Bonchev–Trinajstić information content (AvgIpc) is 3.19. The molecule has 3 aromatic rings. The van der Waals surface area contributed by atoms with Crippen LogP contribution >= 0.6 is 0 Å². The summed E-state index contributed by atoms with van der Waals surface area (Å²) in [4.78, 5) is 12.8. The third-order valence-electron chi connectivity index (χ3n) is 7.20. The number of anilines is 2. The molecule has 2 fully saturated rings. The third-order valence-corrected chi connectivity index (χ3v) is 7.20. The van der Waals surface area contributed by atoms with Crippen LogP contribution in [-0.4, -0.2) is 33.0 Å². The zero-order chi connectivity index (χ0) is 27.1. The van der Waals surface area contributed by atoms with Gasteiger partial charge in [0.2, 0.25) is 11.9 Å². The van der Waals surface area contributed by atoms with Crippen LogP contribution in [0.2, 0.25) is 0 Å². The lowest BCUT2D eigenvalue weighted by Gasteiger charge is -2.37. The topological polar surface area (TPSA) is 62.7 Å². The molecule has 2 aliphatic rings. The molecule has 5 nitrogen and oxygen atoms in total. The quantitative estimate of drug-likeness (QED) is 0.313. The van der Waals surface area contributed by atoms with Crippen molar-refractivity contribution >= 4 is 11.8 Å². The summed E-state index contributed by atoms with van der Waals surface area (Å²) >= 11 is 0. The van der Waals surface area contributed by atoms with Crippen molar-refractivity contribution in [2.24, 2.45) is 0 Å². The van der Waals surface area contributed by atoms with Gasteiger partial charge in [-0.1, -0.05) is 25.1 Å². The van der Waals surface area contributed by atoms with Gasteiger partial charge in [-0.3, -0.25) is 0 Å². The van der Waals surface area contributed by atoms with E-state index in [1.54, 1.807) is 12.1 Å². The van der Waals surface area contributed by atoms with Crippen LogP contribution in [0.1, 0.15) is 61.8 Å². The number of aromatic nitrogens is 3. The summed E-state index contributed by atoms with van der Waals surface area (Å²) in [5.41, 5.74) is 0.819. The number of rotatable bonds is 7. The Morgan fingerprint density at radius 1 is 0.947 bits per heavy atom. The fourth-order valence-electron chi connectivity index (χ4n) is 5.13. The highest BCUT2D eigenvalue weighted by atomic mass is 19.4. The van der Waals surface area contributed by atoms with E-state index in [0.29, 0.717) is 17.8 Å². The van der Waals surface area contributed by atoms with E-state index >= 15 is 0 Å². The zero-order valence-electron chi connectivity index (χ0n) is 20.6. The van der Waals surface area contributed by atoms with Gasteiger partial charge in [-0.05, 0) is 61.4 Å². The van der Waals surface area contributed by atoms with Crippen LogP contribution in [0.25, 0.3) is 11.4 Å². The van der Waals surface area contributed by atoms with Crippen molar-refractivity contribution in [3.05, 3.63) is 65.1 Å². The Labute approximate surface area is 216 Å². The van der Waals surface area contributed by atoms with Crippen molar-refractivity contribution in [3.63, 3.8) is 0 Å². The molecule has 0 bridgehead atoms. The third kappa shape index (κ3) is 5.71. The minimum Gasteiger partial charge on any atom is -0.367 e. The number of hydrogen-bond acceptors (Lipinski definition) is 5. The maximum absolute atomic E-state index is 13.8. The number of halogens is 6. The van der Waals surface area contributed by atoms with Crippen LogP contribution in [0.15, 0.2) is 42.5 Å². The highest BCUT2D eigenvalue weighted by Crippen LogP contribution is 2.40. The first kappa shape index (κ1) is 26.2. The van der Waals surface area contributed by atoms with Gasteiger partial charge in [-0.2, -0.15) is 18.2 Å². The van der Waals surface area contributed by atoms with E-state index in [0.717, 1.165) is 24.5 Å². The largest absolute Gasteiger partial charge is 0.433 e. The van der Waals surface area contributed by atoms with Gasteiger partial charge in [0.1, 0.15) is 17.3 Å². The number of pyridine rings is 1. The molecule has 2 aromatic heterocycles. The van der Waals surface area contributed by atoms with Crippen LogP contribution in [-0.2, 0) is 12.6 Å². The van der Waals surface area contributed by atoms with Gasteiger partial charge in [0, 0.05) is 30.5 Å². The molecule has 1 unspecified atom stereocenters. The second-order valence-electron chi connectivity index (χ2n) is 9.98. The zero-order valence-corrected chi connectivity index (χ0v) is 20.6. The molecule has 202 valence electrons. The molecular weight excluding hydrogens is 508 g/mol. The van der Waals surface area contributed by atoms with Crippen molar-refractivity contribution in [3.8, 4) is 11.4 Å². The van der Waals surface area contributed by atoms with Gasteiger partial charge in [0.25, 0.3) is 0 Å². The molecular formula is C27H27F6N5. The number of nitrogens with one attached hydrogen (secondary N) is 2. The number of nitrogens with zero attached hydrogens (tertiary/aromatic N) is 3. The molecule has 11 heteroatoms. The van der Waals surface area contributed by atoms with E-state index in [4.69, 9.17) is 0 Å². The predicted octanol–water partition coefficient (Wildman–Crippen LogP) is 7.22. The first-order valence-corrected chi connectivity index (χ1v) is 12.6. The Balaban J connectivity index is 1.45. The molecule has 2 saturated carbocycles. The van der Waals surface area contributed by atoms with E-state index in [2.05, 4.69) is 25.6 Å². The summed E-state index contributed by atoms with van der Waals surface area (Å²) in [5, 5.41) is 6.35. The van der Waals surface area contributed by atoms with Gasteiger partial charge in [-0.15, -0.1) is 0 Å². The average molecular weight is 536 g/mol. The summed E-state index contributed by atoms with van der Waals surface area (Å²) in [6, 6.07) is 9.44. The summed E-state index contributed by atoms with van der Waals surface area (Å²) in [6.07, 6.45) is -3.10. The summed E-state index contributed by atoms with van der Waals surface area (Å²) < 4.78 is 81.0. The molecule has 38 heavy (non-hydrogen) atoms. The predicted molar refractivity (Wildman–Crippen MR) is 132 cm³/mol. The molecule has 0 saturated heterocycles. The smallest absolute Gasteiger partial charge is 0.367 e. The molecule has 0 amide bonds. The van der Waals surface area contributed by atoms with Crippen LogP contribution in [0.4, 0.5) is 38.1 Å². The molecule has 2 N–H and O–H groups in total. The Hall–Kier alpha value is -3.37. The highest BCUT2D eigenvalue weighted by Gasteiger charge is 2.40. The van der Waals surface area contributed by atoms with E-state index in [1.807, 2.05) is 6.92 Å². The van der Waals surface area contributed by atoms with Crippen molar-refractivity contribution in [2.45, 2.75) is 75.5 Å². The second kappa shape index (κ2) is 10.1.